The minimum Gasteiger partial charge on any atom is -0.355 e. The van der Waals surface area contributed by atoms with E-state index in [4.69, 9.17) is 0 Å². The van der Waals surface area contributed by atoms with Crippen LogP contribution in [0.4, 0.5) is 0 Å². The van der Waals surface area contributed by atoms with E-state index in [0.717, 1.165) is 24.4 Å². The van der Waals surface area contributed by atoms with Crippen molar-refractivity contribution in [3.8, 4) is 0 Å². The standard InChI is InChI=1S/C19H28N2O2S/c1-14(22)21-10-9-15(12-21)11-20-18(23)13-24-17-7-5-16(6-8-17)19(2,3)4/h5-8,15H,9-13H2,1-4H3,(H,20,23)/t15-/m1/s1. The number of benzene rings is 1. The minimum absolute atomic E-state index is 0.0566. The van der Waals surface area contributed by atoms with Crippen LogP contribution in [0.3, 0.4) is 0 Å². The summed E-state index contributed by atoms with van der Waals surface area (Å²) in [5.41, 5.74) is 1.45. The Bertz CT molecular complexity index is 578. The van der Waals surface area contributed by atoms with Crippen molar-refractivity contribution in [2.24, 2.45) is 5.92 Å². The summed E-state index contributed by atoms with van der Waals surface area (Å²) in [5, 5.41) is 2.99. The molecule has 2 rings (SSSR count). The molecule has 1 fully saturated rings. The van der Waals surface area contributed by atoms with Crippen LogP contribution in [-0.4, -0.2) is 42.1 Å². The Morgan fingerprint density at radius 1 is 1.25 bits per heavy atom. The smallest absolute Gasteiger partial charge is 0.230 e. The minimum atomic E-state index is 0.0566. The molecule has 0 saturated carbocycles. The highest BCUT2D eigenvalue weighted by Crippen LogP contribution is 2.25. The van der Waals surface area contributed by atoms with Gasteiger partial charge in [-0.3, -0.25) is 9.59 Å². The lowest BCUT2D eigenvalue weighted by molar-refractivity contribution is -0.127. The Labute approximate surface area is 149 Å². The van der Waals surface area contributed by atoms with Crippen LogP contribution in [-0.2, 0) is 15.0 Å². The Morgan fingerprint density at radius 2 is 1.92 bits per heavy atom. The molecule has 5 heteroatoms. The number of hydrogen-bond acceptors (Lipinski definition) is 3. The molecule has 0 radical (unpaired) electrons. The molecule has 1 aromatic rings. The number of carbonyl (C=O) groups excluding carboxylic acids is 2. The normalized spacial score (nSPS) is 17.8. The summed E-state index contributed by atoms with van der Waals surface area (Å²) < 4.78 is 0. The number of thioether (sulfide) groups is 1. The second kappa shape index (κ2) is 8.06. The predicted octanol–water partition coefficient (Wildman–Crippen LogP) is 3.06. The number of carbonyl (C=O) groups is 2. The molecule has 0 aromatic heterocycles. The monoisotopic (exact) mass is 348 g/mol. The maximum absolute atomic E-state index is 12.0. The third-order valence-corrected chi connectivity index (χ3v) is 5.42. The number of amides is 2. The summed E-state index contributed by atoms with van der Waals surface area (Å²) in [6, 6.07) is 8.44. The van der Waals surface area contributed by atoms with Crippen molar-refractivity contribution in [1.29, 1.82) is 0 Å². The largest absolute Gasteiger partial charge is 0.355 e. The van der Waals surface area contributed by atoms with Gasteiger partial charge in [0.25, 0.3) is 0 Å². The lowest BCUT2D eigenvalue weighted by Gasteiger charge is -2.19. The van der Waals surface area contributed by atoms with E-state index in [2.05, 4.69) is 50.4 Å². The van der Waals surface area contributed by atoms with Crippen molar-refractivity contribution in [2.45, 2.75) is 44.4 Å². The van der Waals surface area contributed by atoms with Gasteiger partial charge in [-0.15, -0.1) is 11.8 Å². The lowest BCUT2D eigenvalue weighted by Crippen LogP contribution is -2.33. The van der Waals surface area contributed by atoms with E-state index >= 15 is 0 Å². The summed E-state index contributed by atoms with van der Waals surface area (Å²) >= 11 is 1.56. The number of likely N-dealkylation sites (tertiary alicyclic amines) is 1. The van der Waals surface area contributed by atoms with Crippen LogP contribution in [0.25, 0.3) is 0 Å². The average Bonchev–Trinajstić information content (AvgIpc) is 3.00. The molecule has 0 unspecified atom stereocenters. The first-order chi connectivity index (χ1) is 11.3. The zero-order valence-corrected chi connectivity index (χ0v) is 15.9. The van der Waals surface area contributed by atoms with Gasteiger partial charge in [0.2, 0.25) is 11.8 Å². The van der Waals surface area contributed by atoms with Crippen LogP contribution in [0.1, 0.15) is 39.7 Å². The first-order valence-corrected chi connectivity index (χ1v) is 9.50. The van der Waals surface area contributed by atoms with Gasteiger partial charge in [-0.2, -0.15) is 0 Å². The van der Waals surface area contributed by atoms with Crippen molar-refractivity contribution >= 4 is 23.6 Å². The average molecular weight is 349 g/mol. The molecule has 4 nitrogen and oxygen atoms in total. The van der Waals surface area contributed by atoms with E-state index in [1.807, 2.05) is 4.90 Å². The molecule has 1 aliphatic rings. The van der Waals surface area contributed by atoms with E-state index in [1.165, 1.54) is 5.56 Å². The lowest BCUT2D eigenvalue weighted by atomic mass is 9.87. The SMILES string of the molecule is CC(=O)N1CC[C@H](CNC(=O)CSc2ccc(C(C)(C)C)cc2)C1. The highest BCUT2D eigenvalue weighted by atomic mass is 32.2. The fourth-order valence-electron chi connectivity index (χ4n) is 2.79. The molecule has 0 spiro atoms. The van der Waals surface area contributed by atoms with Gasteiger partial charge in [0, 0.05) is 31.5 Å². The van der Waals surface area contributed by atoms with Crippen molar-refractivity contribution in [3.05, 3.63) is 29.8 Å². The molecule has 0 bridgehead atoms. The Morgan fingerprint density at radius 3 is 2.46 bits per heavy atom. The molecule has 1 atom stereocenters. The summed E-state index contributed by atoms with van der Waals surface area (Å²) in [7, 11) is 0. The van der Waals surface area contributed by atoms with Crippen LogP contribution < -0.4 is 5.32 Å². The van der Waals surface area contributed by atoms with Gasteiger partial charge in [-0.05, 0) is 35.4 Å². The molecular weight excluding hydrogens is 320 g/mol. The topological polar surface area (TPSA) is 49.4 Å². The number of hydrogen-bond donors (Lipinski definition) is 1. The van der Waals surface area contributed by atoms with Gasteiger partial charge in [0.05, 0.1) is 5.75 Å². The third-order valence-electron chi connectivity index (χ3n) is 4.41. The highest BCUT2D eigenvalue weighted by molar-refractivity contribution is 8.00. The zero-order chi connectivity index (χ0) is 17.7. The van der Waals surface area contributed by atoms with Gasteiger partial charge in [-0.25, -0.2) is 0 Å². The quantitative estimate of drug-likeness (QED) is 0.832. The second-order valence-corrected chi connectivity index (χ2v) is 8.54. The number of nitrogens with zero attached hydrogens (tertiary/aromatic N) is 1. The molecule has 2 amide bonds. The molecule has 1 N–H and O–H groups in total. The number of nitrogens with one attached hydrogen (secondary N) is 1. The van der Waals surface area contributed by atoms with Crippen LogP contribution in [0.15, 0.2) is 29.2 Å². The van der Waals surface area contributed by atoms with Gasteiger partial charge < -0.3 is 10.2 Å². The molecule has 24 heavy (non-hydrogen) atoms. The summed E-state index contributed by atoms with van der Waals surface area (Å²) in [4.78, 5) is 26.3. The molecule has 132 valence electrons. The fraction of sp³-hybridized carbons (Fsp3) is 0.579. The van der Waals surface area contributed by atoms with Crippen molar-refractivity contribution < 1.29 is 9.59 Å². The summed E-state index contributed by atoms with van der Waals surface area (Å²) in [5.74, 6) is 0.992. The van der Waals surface area contributed by atoms with E-state index in [1.54, 1.807) is 18.7 Å². The summed E-state index contributed by atoms with van der Waals surface area (Å²) in [6.07, 6.45) is 0.973. The maximum atomic E-state index is 12.0. The zero-order valence-electron chi connectivity index (χ0n) is 15.1. The second-order valence-electron chi connectivity index (χ2n) is 7.49. The molecular formula is C19H28N2O2S. The molecule has 1 aromatic carbocycles. The molecule has 1 saturated heterocycles. The Hall–Kier alpha value is -1.49. The van der Waals surface area contributed by atoms with Gasteiger partial charge >= 0.3 is 0 Å². The van der Waals surface area contributed by atoms with Crippen molar-refractivity contribution in [2.75, 3.05) is 25.4 Å². The van der Waals surface area contributed by atoms with Gasteiger partial charge in [-0.1, -0.05) is 32.9 Å². The van der Waals surface area contributed by atoms with Crippen LogP contribution in [0.5, 0.6) is 0 Å². The van der Waals surface area contributed by atoms with Gasteiger partial charge in [0.1, 0.15) is 0 Å². The fourth-order valence-corrected chi connectivity index (χ4v) is 3.52. The van der Waals surface area contributed by atoms with E-state index < -0.39 is 0 Å². The van der Waals surface area contributed by atoms with Crippen molar-refractivity contribution in [1.82, 2.24) is 10.2 Å². The Balaban J connectivity index is 1.71. The van der Waals surface area contributed by atoms with E-state index in [0.29, 0.717) is 18.2 Å². The third kappa shape index (κ3) is 5.55. The first kappa shape index (κ1) is 18.8. The van der Waals surface area contributed by atoms with Crippen LogP contribution in [0.2, 0.25) is 0 Å². The van der Waals surface area contributed by atoms with E-state index in [9.17, 15) is 9.59 Å². The number of rotatable bonds is 5. The summed E-state index contributed by atoms with van der Waals surface area (Å²) in [6.45, 7) is 10.4. The van der Waals surface area contributed by atoms with E-state index in [-0.39, 0.29) is 17.2 Å². The van der Waals surface area contributed by atoms with Crippen LogP contribution in [0, 0.1) is 5.92 Å². The van der Waals surface area contributed by atoms with Crippen molar-refractivity contribution in [3.63, 3.8) is 0 Å². The molecule has 0 aliphatic carbocycles. The molecule has 1 aliphatic heterocycles. The first-order valence-electron chi connectivity index (χ1n) is 8.51. The predicted molar refractivity (Wildman–Crippen MR) is 99.2 cm³/mol. The van der Waals surface area contributed by atoms with Gasteiger partial charge in [0.15, 0.2) is 0 Å². The van der Waals surface area contributed by atoms with Crippen LogP contribution >= 0.6 is 11.8 Å². The highest BCUT2D eigenvalue weighted by Gasteiger charge is 2.24. The Kier molecular flexibility index (Phi) is 6.33. The molecule has 1 heterocycles. The maximum Gasteiger partial charge on any atom is 0.230 e.